The molecule has 0 spiro atoms. The first-order valence-corrected chi connectivity index (χ1v) is 4.86. The van der Waals surface area contributed by atoms with Crippen LogP contribution in [0.3, 0.4) is 0 Å². The van der Waals surface area contributed by atoms with Crippen molar-refractivity contribution in [2.45, 2.75) is 17.7 Å². The lowest BCUT2D eigenvalue weighted by Crippen LogP contribution is -2.39. The highest BCUT2D eigenvalue weighted by Gasteiger charge is 2.43. The molecule has 0 unspecified atom stereocenters. The van der Waals surface area contributed by atoms with E-state index in [4.69, 9.17) is 10.8 Å². The highest BCUT2D eigenvalue weighted by molar-refractivity contribution is 7.93. The van der Waals surface area contributed by atoms with Crippen LogP contribution in [0.4, 0.5) is 0 Å². The smallest absolute Gasteiger partial charge is 0.323 e. The zero-order valence-electron chi connectivity index (χ0n) is 5.73. The topological polar surface area (TPSA) is 97.5 Å². The summed E-state index contributed by atoms with van der Waals surface area (Å²) in [5.74, 6) is -1.44. The summed E-state index contributed by atoms with van der Waals surface area (Å²) >= 11 is 0. The van der Waals surface area contributed by atoms with E-state index in [2.05, 4.69) is 0 Å². The van der Waals surface area contributed by atoms with Gasteiger partial charge in [-0.2, -0.15) is 0 Å². The first-order chi connectivity index (χ1) is 4.95. The van der Waals surface area contributed by atoms with Crippen molar-refractivity contribution in [2.24, 2.45) is 5.73 Å². The molecule has 0 aromatic rings. The first kappa shape index (κ1) is 8.48. The van der Waals surface area contributed by atoms with Crippen LogP contribution in [0, 0.1) is 0 Å². The summed E-state index contributed by atoms with van der Waals surface area (Å²) in [6.07, 6.45) is 0.249. The molecule has 2 atom stereocenters. The van der Waals surface area contributed by atoms with Crippen molar-refractivity contribution in [1.82, 2.24) is 0 Å². The maximum Gasteiger partial charge on any atom is 0.323 e. The zero-order chi connectivity index (χ0) is 8.65. The number of aliphatic carboxylic acids is 1. The highest BCUT2D eigenvalue weighted by atomic mass is 32.2. The minimum Gasteiger partial charge on any atom is -0.480 e. The lowest BCUT2D eigenvalue weighted by molar-refractivity contribution is -0.136. The Hall–Kier alpha value is -0.620. The van der Waals surface area contributed by atoms with Gasteiger partial charge in [0.05, 0.1) is 5.75 Å². The minimum absolute atomic E-state index is 0.106. The Morgan fingerprint density at radius 1 is 1.55 bits per heavy atom. The lowest BCUT2D eigenvalue weighted by atomic mass is 10.2. The molecule has 1 fully saturated rings. The molecule has 0 aliphatic carbocycles. The highest BCUT2D eigenvalue weighted by Crippen LogP contribution is 2.18. The molecule has 0 aromatic carbocycles. The summed E-state index contributed by atoms with van der Waals surface area (Å²) in [5.41, 5.74) is 5.30. The molecule has 1 rings (SSSR count). The average molecular weight is 179 g/mol. The maximum atomic E-state index is 11.0. The zero-order valence-corrected chi connectivity index (χ0v) is 6.54. The van der Waals surface area contributed by atoms with Crippen LogP contribution >= 0.6 is 0 Å². The van der Waals surface area contributed by atoms with Gasteiger partial charge in [-0.3, -0.25) is 4.79 Å². The van der Waals surface area contributed by atoms with E-state index in [1.54, 1.807) is 0 Å². The Labute approximate surface area is 64.1 Å². The van der Waals surface area contributed by atoms with Crippen LogP contribution in [0.15, 0.2) is 0 Å². The largest absolute Gasteiger partial charge is 0.480 e. The van der Waals surface area contributed by atoms with Crippen LogP contribution in [0.25, 0.3) is 0 Å². The lowest BCUT2D eigenvalue weighted by Gasteiger charge is -2.07. The van der Waals surface area contributed by atoms with Gasteiger partial charge in [0.15, 0.2) is 15.1 Å². The molecule has 0 saturated carbocycles. The molecule has 1 saturated heterocycles. The summed E-state index contributed by atoms with van der Waals surface area (Å²) in [7, 11) is -3.46. The van der Waals surface area contributed by atoms with E-state index >= 15 is 0 Å². The van der Waals surface area contributed by atoms with E-state index in [-0.39, 0.29) is 12.2 Å². The summed E-state index contributed by atoms with van der Waals surface area (Å²) in [6.45, 7) is 0. The van der Waals surface area contributed by atoms with Gasteiger partial charge >= 0.3 is 5.97 Å². The third-order valence-corrected chi connectivity index (χ3v) is 3.88. The van der Waals surface area contributed by atoms with Gasteiger partial charge in [-0.05, 0) is 6.42 Å². The van der Waals surface area contributed by atoms with Crippen LogP contribution in [0.5, 0.6) is 0 Å². The summed E-state index contributed by atoms with van der Waals surface area (Å²) in [5, 5.41) is 7.07. The predicted octanol–water partition coefficient (Wildman–Crippen LogP) is -1.41. The summed E-state index contributed by atoms with van der Waals surface area (Å²) < 4.78 is 21.9. The molecule has 3 N–H and O–H groups in total. The second kappa shape index (κ2) is 2.46. The van der Waals surface area contributed by atoms with Gasteiger partial charge in [-0.15, -0.1) is 0 Å². The summed E-state index contributed by atoms with van der Waals surface area (Å²) in [6, 6.07) is -0.738. The molecule has 6 heteroatoms. The third kappa shape index (κ3) is 1.36. The van der Waals surface area contributed by atoms with Crippen molar-refractivity contribution in [3.8, 4) is 0 Å². The fourth-order valence-corrected chi connectivity index (χ4v) is 3.01. The van der Waals surface area contributed by atoms with E-state index < -0.39 is 27.1 Å². The molecule has 0 radical (unpaired) electrons. The van der Waals surface area contributed by atoms with Crippen molar-refractivity contribution in [3.63, 3.8) is 0 Å². The number of carboxylic acid groups (broad SMARTS) is 1. The minimum atomic E-state index is -3.46. The molecule has 0 aromatic heterocycles. The second-order valence-corrected chi connectivity index (χ2v) is 4.82. The van der Waals surface area contributed by atoms with Crippen LogP contribution in [0.2, 0.25) is 0 Å². The number of hydrogen-bond acceptors (Lipinski definition) is 4. The number of nitrogens with two attached hydrogens (primary N) is 1. The number of carboxylic acids is 1. The molecule has 11 heavy (non-hydrogen) atoms. The van der Waals surface area contributed by atoms with Gasteiger partial charge in [0.1, 0.15) is 0 Å². The number of rotatable bonds is 1. The van der Waals surface area contributed by atoms with Gasteiger partial charge in [0.25, 0.3) is 0 Å². The van der Waals surface area contributed by atoms with Crippen molar-refractivity contribution in [1.29, 1.82) is 0 Å². The average Bonchev–Trinajstić information content (AvgIpc) is 2.06. The van der Waals surface area contributed by atoms with Crippen LogP contribution in [0.1, 0.15) is 6.42 Å². The normalized spacial score (nSPS) is 35.4. The van der Waals surface area contributed by atoms with E-state index in [0.717, 1.165) is 0 Å². The van der Waals surface area contributed by atoms with Gasteiger partial charge < -0.3 is 10.8 Å². The Kier molecular flexibility index (Phi) is 1.89. The van der Waals surface area contributed by atoms with Crippen molar-refractivity contribution < 1.29 is 18.3 Å². The quantitative estimate of drug-likeness (QED) is 0.515. The van der Waals surface area contributed by atoms with Crippen LogP contribution in [-0.4, -0.2) is 36.5 Å². The van der Waals surface area contributed by atoms with Crippen LogP contribution < -0.4 is 5.73 Å². The first-order valence-electron chi connectivity index (χ1n) is 3.15. The standard InChI is InChI=1S/C5H9NO4S/c6-3-1-2-11(9,10)4(3)5(7)8/h3-4H,1-2,6H2,(H,7,8)/t3-,4+/m0/s1. The van der Waals surface area contributed by atoms with E-state index in [0.29, 0.717) is 0 Å². The van der Waals surface area contributed by atoms with Gasteiger partial charge in [0.2, 0.25) is 0 Å². The van der Waals surface area contributed by atoms with E-state index in [1.807, 2.05) is 0 Å². The Bertz CT molecular complexity index is 270. The van der Waals surface area contributed by atoms with Crippen LogP contribution in [-0.2, 0) is 14.6 Å². The fraction of sp³-hybridized carbons (Fsp3) is 0.800. The Morgan fingerprint density at radius 3 is 2.27 bits per heavy atom. The molecule has 0 amide bonds. The van der Waals surface area contributed by atoms with Gasteiger partial charge in [-0.1, -0.05) is 0 Å². The van der Waals surface area contributed by atoms with E-state index in [1.165, 1.54) is 0 Å². The monoisotopic (exact) mass is 179 g/mol. The molecular weight excluding hydrogens is 170 g/mol. The van der Waals surface area contributed by atoms with Crippen molar-refractivity contribution in [3.05, 3.63) is 0 Å². The Balaban J connectivity index is 2.99. The molecule has 1 aliphatic heterocycles. The predicted molar refractivity (Wildman–Crippen MR) is 37.8 cm³/mol. The fourth-order valence-electron chi connectivity index (χ4n) is 1.18. The van der Waals surface area contributed by atoms with Crippen molar-refractivity contribution >= 4 is 15.8 Å². The number of carbonyl (C=O) groups is 1. The number of hydrogen-bond donors (Lipinski definition) is 2. The van der Waals surface area contributed by atoms with Gasteiger partial charge in [0, 0.05) is 6.04 Å². The third-order valence-electron chi connectivity index (χ3n) is 1.75. The van der Waals surface area contributed by atoms with E-state index in [9.17, 15) is 13.2 Å². The molecule has 5 nitrogen and oxygen atoms in total. The molecule has 0 bridgehead atoms. The molecule has 64 valence electrons. The SMILES string of the molecule is N[C@H]1CCS(=O)(=O)[C@H]1C(=O)O. The molecule has 1 heterocycles. The number of sulfone groups is 1. The molecular formula is C5H9NO4S. The van der Waals surface area contributed by atoms with Gasteiger partial charge in [-0.25, -0.2) is 8.42 Å². The summed E-state index contributed by atoms with van der Waals surface area (Å²) in [4.78, 5) is 10.4. The second-order valence-electron chi connectivity index (χ2n) is 2.58. The molecule has 1 aliphatic rings. The maximum absolute atomic E-state index is 11.0. The van der Waals surface area contributed by atoms with Crippen molar-refractivity contribution in [2.75, 3.05) is 5.75 Å². The Morgan fingerprint density at radius 2 is 2.09 bits per heavy atom.